The van der Waals surface area contributed by atoms with Crippen molar-refractivity contribution < 1.29 is 13.9 Å². The summed E-state index contributed by atoms with van der Waals surface area (Å²) in [6.45, 7) is 0. The van der Waals surface area contributed by atoms with E-state index in [0.29, 0.717) is 12.3 Å². The van der Waals surface area contributed by atoms with Crippen LogP contribution in [0.5, 0.6) is 5.75 Å². The lowest BCUT2D eigenvalue weighted by molar-refractivity contribution is 0.101. The van der Waals surface area contributed by atoms with Gasteiger partial charge in [-0.25, -0.2) is 4.98 Å². The predicted molar refractivity (Wildman–Crippen MR) is 80.1 cm³/mol. The van der Waals surface area contributed by atoms with E-state index < -0.39 is 5.91 Å². The van der Waals surface area contributed by atoms with Gasteiger partial charge in [-0.1, -0.05) is 17.2 Å². The van der Waals surface area contributed by atoms with E-state index in [4.69, 9.17) is 9.15 Å². The van der Waals surface area contributed by atoms with Gasteiger partial charge in [-0.05, 0) is 17.7 Å². The summed E-state index contributed by atoms with van der Waals surface area (Å²) in [6, 6.07) is 7.52. The summed E-state index contributed by atoms with van der Waals surface area (Å²) in [5.74, 6) is 0.707. The van der Waals surface area contributed by atoms with Crippen molar-refractivity contribution in [3.8, 4) is 5.75 Å². The average molecular weight is 311 g/mol. The maximum atomic E-state index is 11.9. The first-order valence-electron chi connectivity index (χ1n) is 6.77. The van der Waals surface area contributed by atoms with Gasteiger partial charge in [0.25, 0.3) is 5.91 Å². The third-order valence-corrected chi connectivity index (χ3v) is 3.00. The molecule has 0 aliphatic carbocycles. The van der Waals surface area contributed by atoms with E-state index in [-0.39, 0.29) is 11.7 Å². The molecule has 0 spiro atoms. The molecule has 0 radical (unpaired) electrons. The molecule has 116 valence electrons. The molecule has 2 aromatic heterocycles. The van der Waals surface area contributed by atoms with Gasteiger partial charge in [-0.3, -0.25) is 15.1 Å². The van der Waals surface area contributed by atoms with E-state index in [9.17, 15) is 4.79 Å². The molecule has 0 aliphatic rings. The van der Waals surface area contributed by atoms with Crippen LogP contribution in [0, 0.1) is 0 Å². The Hall–Kier alpha value is -3.29. The molecule has 8 nitrogen and oxygen atoms in total. The molecule has 1 amide bonds. The number of carbonyl (C=O) groups excluding carboxylic acids is 1. The van der Waals surface area contributed by atoms with Crippen molar-refractivity contribution in [3.63, 3.8) is 0 Å². The smallest absolute Gasteiger partial charge is 0.322 e. The summed E-state index contributed by atoms with van der Waals surface area (Å²) < 4.78 is 10.5. The predicted octanol–water partition coefficient (Wildman–Crippen LogP) is 1.71. The molecule has 1 N–H and O–H groups in total. The second kappa shape index (κ2) is 6.65. The minimum absolute atomic E-state index is 0.0177. The second-order valence-electron chi connectivity index (χ2n) is 4.57. The standard InChI is InChI=1S/C15H13N5O3/c1-22-11-4-2-10(3-5-11)8-13-19-20-15(23-13)18-14(21)12-9-16-6-7-17-12/h2-7,9H,8H2,1H3,(H,18,20,21). The highest BCUT2D eigenvalue weighted by Gasteiger charge is 2.13. The first kappa shape index (κ1) is 14.6. The van der Waals surface area contributed by atoms with Gasteiger partial charge in [0.2, 0.25) is 5.89 Å². The highest BCUT2D eigenvalue weighted by molar-refractivity contribution is 6.01. The minimum Gasteiger partial charge on any atom is -0.497 e. The Kier molecular flexibility index (Phi) is 4.23. The third kappa shape index (κ3) is 3.67. The van der Waals surface area contributed by atoms with Gasteiger partial charge in [0.15, 0.2) is 0 Å². The Morgan fingerprint density at radius 1 is 1.22 bits per heavy atom. The molecule has 3 aromatic rings. The number of ether oxygens (including phenoxy) is 1. The van der Waals surface area contributed by atoms with Crippen molar-refractivity contribution in [1.82, 2.24) is 20.2 Å². The number of benzene rings is 1. The molecular formula is C15H13N5O3. The summed E-state index contributed by atoms with van der Waals surface area (Å²) >= 11 is 0. The van der Waals surface area contributed by atoms with Gasteiger partial charge >= 0.3 is 6.01 Å². The maximum Gasteiger partial charge on any atom is 0.322 e. The van der Waals surface area contributed by atoms with Gasteiger partial charge < -0.3 is 9.15 Å². The largest absolute Gasteiger partial charge is 0.497 e. The molecule has 3 rings (SSSR count). The maximum absolute atomic E-state index is 11.9. The summed E-state index contributed by atoms with van der Waals surface area (Å²) in [5.41, 5.74) is 1.16. The monoisotopic (exact) mass is 311 g/mol. The first-order chi connectivity index (χ1) is 11.2. The summed E-state index contributed by atoms with van der Waals surface area (Å²) in [5, 5.41) is 10.2. The van der Waals surface area contributed by atoms with E-state index in [0.717, 1.165) is 11.3 Å². The number of methoxy groups -OCH3 is 1. The number of hydrogen-bond donors (Lipinski definition) is 1. The number of nitrogens with one attached hydrogen (secondary N) is 1. The lowest BCUT2D eigenvalue weighted by Gasteiger charge is -2.01. The van der Waals surface area contributed by atoms with Crippen LogP contribution in [-0.4, -0.2) is 33.2 Å². The Labute approximate surface area is 131 Å². The van der Waals surface area contributed by atoms with Gasteiger partial charge in [0.05, 0.1) is 19.7 Å². The van der Waals surface area contributed by atoms with Crippen LogP contribution in [0.25, 0.3) is 0 Å². The van der Waals surface area contributed by atoms with Crippen LogP contribution in [0.3, 0.4) is 0 Å². The van der Waals surface area contributed by atoms with Crippen LogP contribution >= 0.6 is 0 Å². The van der Waals surface area contributed by atoms with E-state index >= 15 is 0 Å². The number of amides is 1. The SMILES string of the molecule is COc1ccc(Cc2nnc(NC(=O)c3cnccn3)o2)cc1. The number of rotatable bonds is 5. The van der Waals surface area contributed by atoms with Crippen LogP contribution in [0.2, 0.25) is 0 Å². The average Bonchev–Trinajstić information content (AvgIpc) is 3.03. The Morgan fingerprint density at radius 2 is 2.04 bits per heavy atom. The fraction of sp³-hybridized carbons (Fsp3) is 0.133. The Bertz CT molecular complexity index is 786. The summed E-state index contributed by atoms with van der Waals surface area (Å²) in [4.78, 5) is 19.6. The minimum atomic E-state index is -0.460. The van der Waals surface area contributed by atoms with E-state index in [1.807, 2.05) is 24.3 Å². The normalized spacial score (nSPS) is 10.3. The van der Waals surface area contributed by atoms with E-state index in [1.165, 1.54) is 18.6 Å². The van der Waals surface area contributed by atoms with E-state index in [1.54, 1.807) is 7.11 Å². The molecule has 0 aliphatic heterocycles. The van der Waals surface area contributed by atoms with Crippen LogP contribution in [0.1, 0.15) is 21.9 Å². The van der Waals surface area contributed by atoms with Crippen LogP contribution < -0.4 is 10.1 Å². The second-order valence-corrected chi connectivity index (χ2v) is 4.57. The highest BCUT2D eigenvalue weighted by atomic mass is 16.5. The molecule has 23 heavy (non-hydrogen) atoms. The van der Waals surface area contributed by atoms with Crippen molar-refractivity contribution in [3.05, 3.63) is 60.0 Å². The van der Waals surface area contributed by atoms with Crippen molar-refractivity contribution in [2.45, 2.75) is 6.42 Å². The molecule has 0 unspecified atom stereocenters. The number of hydrogen-bond acceptors (Lipinski definition) is 7. The lowest BCUT2D eigenvalue weighted by Crippen LogP contribution is -2.13. The molecule has 0 atom stereocenters. The Morgan fingerprint density at radius 3 is 2.74 bits per heavy atom. The van der Waals surface area contributed by atoms with Crippen molar-refractivity contribution >= 4 is 11.9 Å². The van der Waals surface area contributed by atoms with E-state index in [2.05, 4.69) is 25.5 Å². The Balaban J connectivity index is 1.64. The van der Waals surface area contributed by atoms with Crippen LogP contribution in [-0.2, 0) is 6.42 Å². The topological polar surface area (TPSA) is 103 Å². The van der Waals surface area contributed by atoms with Gasteiger partial charge in [0.1, 0.15) is 11.4 Å². The molecule has 0 saturated carbocycles. The fourth-order valence-electron chi connectivity index (χ4n) is 1.87. The zero-order valence-electron chi connectivity index (χ0n) is 12.3. The molecule has 0 fully saturated rings. The molecule has 2 heterocycles. The van der Waals surface area contributed by atoms with Crippen LogP contribution in [0.4, 0.5) is 6.01 Å². The van der Waals surface area contributed by atoms with Crippen molar-refractivity contribution in [2.24, 2.45) is 0 Å². The highest BCUT2D eigenvalue weighted by Crippen LogP contribution is 2.15. The molecular weight excluding hydrogens is 298 g/mol. The first-order valence-corrected chi connectivity index (χ1v) is 6.77. The third-order valence-electron chi connectivity index (χ3n) is 3.00. The molecule has 0 bridgehead atoms. The number of anilines is 1. The zero-order chi connectivity index (χ0) is 16.1. The molecule has 0 saturated heterocycles. The van der Waals surface area contributed by atoms with Crippen molar-refractivity contribution in [1.29, 1.82) is 0 Å². The van der Waals surface area contributed by atoms with Gasteiger partial charge in [0, 0.05) is 12.4 Å². The number of aromatic nitrogens is 4. The molecule has 1 aromatic carbocycles. The van der Waals surface area contributed by atoms with Gasteiger partial charge in [-0.15, -0.1) is 5.10 Å². The molecule has 8 heteroatoms. The van der Waals surface area contributed by atoms with Gasteiger partial charge in [-0.2, -0.15) is 0 Å². The summed E-state index contributed by atoms with van der Waals surface area (Å²) in [6.07, 6.45) is 4.72. The number of nitrogens with zero attached hydrogens (tertiary/aromatic N) is 4. The lowest BCUT2D eigenvalue weighted by atomic mass is 10.1. The van der Waals surface area contributed by atoms with Crippen LogP contribution in [0.15, 0.2) is 47.3 Å². The zero-order valence-corrected chi connectivity index (χ0v) is 12.3. The summed E-state index contributed by atoms with van der Waals surface area (Å²) in [7, 11) is 1.61. The fourth-order valence-corrected chi connectivity index (χ4v) is 1.87. The number of carbonyl (C=O) groups is 1. The quantitative estimate of drug-likeness (QED) is 0.765. The van der Waals surface area contributed by atoms with Crippen molar-refractivity contribution in [2.75, 3.05) is 12.4 Å².